The van der Waals surface area contributed by atoms with Crippen LogP contribution in [0.1, 0.15) is 10.4 Å². The van der Waals surface area contributed by atoms with E-state index in [0.717, 1.165) is 0 Å². The van der Waals surface area contributed by atoms with Gasteiger partial charge >= 0.3 is 5.97 Å². The molecule has 1 aliphatic rings. The second-order valence-corrected chi connectivity index (χ2v) is 5.24. The summed E-state index contributed by atoms with van der Waals surface area (Å²) in [5, 5.41) is 9.12. The van der Waals surface area contributed by atoms with Gasteiger partial charge in [-0.05, 0) is 18.2 Å². The fraction of sp³-hybridized carbons (Fsp3) is 0.250. The number of morpholine rings is 1. The zero-order valence-electron chi connectivity index (χ0n) is 12.3. The van der Waals surface area contributed by atoms with Gasteiger partial charge in [-0.2, -0.15) is 0 Å². The van der Waals surface area contributed by atoms with Crippen LogP contribution in [0.25, 0.3) is 11.3 Å². The molecule has 0 saturated carbocycles. The molecule has 0 radical (unpaired) electrons. The van der Waals surface area contributed by atoms with Crippen LogP contribution in [0.4, 0.5) is 11.6 Å². The minimum atomic E-state index is -1.09. The van der Waals surface area contributed by atoms with Gasteiger partial charge in [0.15, 0.2) is 11.3 Å². The van der Waals surface area contributed by atoms with Crippen molar-refractivity contribution >= 4 is 17.5 Å². The third kappa shape index (κ3) is 3.35. The maximum atomic E-state index is 12.0. The lowest BCUT2D eigenvalue weighted by atomic mass is 10.1. The van der Waals surface area contributed by atoms with Crippen LogP contribution in [0.3, 0.4) is 0 Å². The lowest BCUT2D eigenvalue weighted by molar-refractivity contribution is 0.0697. The van der Waals surface area contributed by atoms with Gasteiger partial charge in [-0.1, -0.05) is 0 Å². The zero-order valence-corrected chi connectivity index (χ0v) is 12.3. The topological polar surface area (TPSA) is 106 Å². The van der Waals surface area contributed by atoms with E-state index in [1.165, 1.54) is 24.3 Å². The van der Waals surface area contributed by atoms with Crippen molar-refractivity contribution < 1.29 is 19.1 Å². The van der Waals surface area contributed by atoms with E-state index in [1.54, 1.807) is 6.07 Å². The van der Waals surface area contributed by atoms with E-state index in [2.05, 4.69) is 0 Å². The molecule has 3 N–H and O–H groups in total. The summed E-state index contributed by atoms with van der Waals surface area (Å²) in [5.74, 6) is -0.367. The van der Waals surface area contributed by atoms with Crippen molar-refractivity contribution in [2.24, 2.45) is 0 Å². The Balaban J connectivity index is 2.04. The van der Waals surface area contributed by atoms with Crippen molar-refractivity contribution in [3.05, 3.63) is 46.1 Å². The number of rotatable bonds is 3. The van der Waals surface area contributed by atoms with Crippen molar-refractivity contribution in [1.82, 2.24) is 0 Å². The summed E-state index contributed by atoms with van der Waals surface area (Å²) in [7, 11) is 0. The third-order valence-corrected chi connectivity index (χ3v) is 3.56. The Hall–Kier alpha value is -2.80. The monoisotopic (exact) mass is 316 g/mol. The molecule has 7 heteroatoms. The highest BCUT2D eigenvalue weighted by atomic mass is 16.5. The molecule has 0 unspecified atom stereocenters. The van der Waals surface area contributed by atoms with Crippen molar-refractivity contribution in [2.75, 3.05) is 36.9 Å². The maximum absolute atomic E-state index is 12.0. The van der Waals surface area contributed by atoms with Gasteiger partial charge < -0.3 is 24.9 Å². The number of hydrogen-bond acceptors (Lipinski definition) is 6. The van der Waals surface area contributed by atoms with Gasteiger partial charge in [-0.25, -0.2) is 4.79 Å². The van der Waals surface area contributed by atoms with Crippen molar-refractivity contribution in [2.45, 2.75) is 0 Å². The number of aromatic carboxylic acids is 1. The number of carbonyl (C=O) groups is 1. The van der Waals surface area contributed by atoms with Gasteiger partial charge in [0.25, 0.3) is 0 Å². The number of ether oxygens (including phenoxy) is 1. The van der Waals surface area contributed by atoms with E-state index in [-0.39, 0.29) is 16.8 Å². The molecular weight excluding hydrogens is 300 g/mol. The molecule has 2 aromatic rings. The summed E-state index contributed by atoms with van der Waals surface area (Å²) >= 11 is 0. The number of anilines is 2. The maximum Gasteiger partial charge on any atom is 0.335 e. The van der Waals surface area contributed by atoms with E-state index in [1.807, 2.05) is 4.90 Å². The highest BCUT2D eigenvalue weighted by molar-refractivity contribution is 5.90. The Morgan fingerprint density at radius 1 is 1.13 bits per heavy atom. The number of carboxylic acid groups (broad SMARTS) is 1. The first kappa shape index (κ1) is 15.1. The summed E-state index contributed by atoms with van der Waals surface area (Å²) in [5.41, 5.74) is 6.31. The minimum absolute atomic E-state index is 0.0411. The number of hydrogen-bond donors (Lipinski definition) is 2. The van der Waals surface area contributed by atoms with E-state index in [4.69, 9.17) is 20.0 Å². The first-order chi connectivity index (χ1) is 11.0. The van der Waals surface area contributed by atoms with Gasteiger partial charge in [0, 0.05) is 36.5 Å². The Labute approximate surface area is 131 Å². The molecule has 1 aromatic carbocycles. The van der Waals surface area contributed by atoms with Crippen LogP contribution in [-0.4, -0.2) is 37.4 Å². The van der Waals surface area contributed by atoms with Crippen molar-refractivity contribution in [3.63, 3.8) is 0 Å². The molecule has 23 heavy (non-hydrogen) atoms. The largest absolute Gasteiger partial charge is 0.478 e. The van der Waals surface area contributed by atoms with E-state index < -0.39 is 5.97 Å². The highest BCUT2D eigenvalue weighted by Gasteiger charge is 2.16. The number of nitrogens with two attached hydrogens (primary N) is 1. The zero-order chi connectivity index (χ0) is 16.4. The number of carboxylic acids is 1. The molecule has 7 nitrogen and oxygen atoms in total. The molecular formula is C16H16N2O5. The van der Waals surface area contributed by atoms with Gasteiger partial charge in [0.2, 0.25) is 0 Å². The Kier molecular flexibility index (Phi) is 4.03. The number of nitrogen functional groups attached to an aromatic ring is 1. The lowest BCUT2D eigenvalue weighted by Crippen LogP contribution is -2.36. The fourth-order valence-corrected chi connectivity index (χ4v) is 2.46. The van der Waals surface area contributed by atoms with Gasteiger partial charge in [0.1, 0.15) is 5.76 Å². The smallest absolute Gasteiger partial charge is 0.335 e. The lowest BCUT2D eigenvalue weighted by Gasteiger charge is -2.27. The van der Waals surface area contributed by atoms with Crippen LogP contribution in [0.2, 0.25) is 0 Å². The van der Waals surface area contributed by atoms with E-state index in [9.17, 15) is 9.59 Å². The molecule has 0 atom stereocenters. The molecule has 3 rings (SSSR count). The van der Waals surface area contributed by atoms with Crippen LogP contribution < -0.4 is 16.1 Å². The quantitative estimate of drug-likeness (QED) is 0.825. The second kappa shape index (κ2) is 6.13. The van der Waals surface area contributed by atoms with Gasteiger partial charge in [-0.3, -0.25) is 4.79 Å². The molecule has 1 aromatic heterocycles. The second-order valence-electron chi connectivity index (χ2n) is 5.24. The summed E-state index contributed by atoms with van der Waals surface area (Å²) in [6.07, 6.45) is 0. The van der Waals surface area contributed by atoms with Gasteiger partial charge in [0.05, 0.1) is 18.8 Å². The van der Waals surface area contributed by atoms with Crippen molar-refractivity contribution in [1.29, 1.82) is 0 Å². The molecule has 2 heterocycles. The van der Waals surface area contributed by atoms with E-state index in [0.29, 0.717) is 43.4 Å². The van der Waals surface area contributed by atoms with Crippen LogP contribution in [0, 0.1) is 0 Å². The predicted molar refractivity (Wildman–Crippen MR) is 84.8 cm³/mol. The SMILES string of the molecule is Nc1cc(C(=O)O)cc(-c2cc(=O)cc(N3CCOCC3)o2)c1. The minimum Gasteiger partial charge on any atom is -0.478 e. The Bertz CT molecular complexity index is 793. The fourth-order valence-electron chi connectivity index (χ4n) is 2.46. The molecule has 1 saturated heterocycles. The molecule has 0 amide bonds. The average Bonchev–Trinajstić information content (AvgIpc) is 2.54. The van der Waals surface area contributed by atoms with Crippen LogP contribution in [0.15, 0.2) is 39.5 Å². The molecule has 0 aliphatic carbocycles. The number of nitrogens with zero attached hydrogens (tertiary/aromatic N) is 1. The predicted octanol–water partition coefficient (Wildman–Crippen LogP) is 1.42. The molecule has 0 bridgehead atoms. The van der Waals surface area contributed by atoms with Gasteiger partial charge in [-0.15, -0.1) is 0 Å². The molecule has 1 fully saturated rings. The summed E-state index contributed by atoms with van der Waals surface area (Å²) in [6.45, 7) is 2.39. The third-order valence-electron chi connectivity index (χ3n) is 3.56. The van der Waals surface area contributed by atoms with Crippen LogP contribution >= 0.6 is 0 Å². The van der Waals surface area contributed by atoms with Crippen LogP contribution in [-0.2, 0) is 4.74 Å². The molecule has 1 aliphatic heterocycles. The molecule has 120 valence electrons. The first-order valence-electron chi connectivity index (χ1n) is 7.15. The Morgan fingerprint density at radius 2 is 1.87 bits per heavy atom. The normalized spacial score (nSPS) is 14.7. The summed E-state index contributed by atoms with van der Waals surface area (Å²) in [4.78, 5) is 25.0. The standard InChI is InChI=1S/C16H16N2O5/c17-12-6-10(5-11(7-12)16(20)21)14-8-13(19)9-15(23-14)18-1-3-22-4-2-18/h5-9H,1-4,17H2,(H,20,21). The van der Waals surface area contributed by atoms with Crippen molar-refractivity contribution in [3.8, 4) is 11.3 Å². The highest BCUT2D eigenvalue weighted by Crippen LogP contribution is 2.26. The summed E-state index contributed by atoms with van der Waals surface area (Å²) in [6, 6.07) is 7.10. The molecule has 0 spiro atoms. The summed E-state index contributed by atoms with van der Waals surface area (Å²) < 4.78 is 11.1. The number of benzene rings is 1. The van der Waals surface area contributed by atoms with Crippen LogP contribution in [0.5, 0.6) is 0 Å². The Morgan fingerprint density at radius 3 is 2.57 bits per heavy atom. The van der Waals surface area contributed by atoms with E-state index >= 15 is 0 Å². The first-order valence-corrected chi connectivity index (χ1v) is 7.15. The average molecular weight is 316 g/mol.